The molecular formula is C10H16O2. The summed E-state index contributed by atoms with van der Waals surface area (Å²) in [7, 11) is 1.45. The van der Waals surface area contributed by atoms with Crippen LogP contribution in [-0.4, -0.2) is 13.1 Å². The third kappa shape index (κ3) is 1.52. The Labute approximate surface area is 73.6 Å². The summed E-state index contributed by atoms with van der Waals surface area (Å²) in [5, 5.41) is 0. The molecule has 1 saturated carbocycles. The second kappa shape index (κ2) is 3.74. The monoisotopic (exact) mass is 168 g/mol. The molecule has 0 heterocycles. The highest BCUT2D eigenvalue weighted by molar-refractivity contribution is 5.79. The Morgan fingerprint density at radius 2 is 2.00 bits per heavy atom. The SMILES string of the molecule is C=CC1(C(=O)OC)CCCCC1. The first kappa shape index (κ1) is 9.30. The minimum atomic E-state index is -0.368. The van der Waals surface area contributed by atoms with E-state index in [9.17, 15) is 4.79 Å². The van der Waals surface area contributed by atoms with Crippen molar-refractivity contribution in [1.82, 2.24) is 0 Å². The van der Waals surface area contributed by atoms with Gasteiger partial charge >= 0.3 is 5.97 Å². The number of esters is 1. The molecule has 0 aromatic heterocycles. The van der Waals surface area contributed by atoms with Gasteiger partial charge in [0.05, 0.1) is 12.5 Å². The molecule has 1 aliphatic carbocycles. The zero-order valence-electron chi connectivity index (χ0n) is 7.64. The van der Waals surface area contributed by atoms with E-state index in [0.717, 1.165) is 25.7 Å². The average molecular weight is 168 g/mol. The number of ether oxygens (including phenoxy) is 1. The minimum Gasteiger partial charge on any atom is -0.468 e. The van der Waals surface area contributed by atoms with Crippen molar-refractivity contribution >= 4 is 5.97 Å². The van der Waals surface area contributed by atoms with Gasteiger partial charge in [0, 0.05) is 0 Å². The first-order chi connectivity index (χ1) is 5.75. The van der Waals surface area contributed by atoms with Crippen molar-refractivity contribution in [3.05, 3.63) is 12.7 Å². The van der Waals surface area contributed by atoms with E-state index in [2.05, 4.69) is 6.58 Å². The summed E-state index contributed by atoms with van der Waals surface area (Å²) in [6.45, 7) is 3.72. The molecule has 0 aliphatic heterocycles. The molecule has 0 spiro atoms. The molecule has 0 radical (unpaired) electrons. The fraction of sp³-hybridized carbons (Fsp3) is 0.700. The van der Waals surface area contributed by atoms with Crippen molar-refractivity contribution < 1.29 is 9.53 Å². The lowest BCUT2D eigenvalue weighted by Gasteiger charge is -2.31. The molecule has 0 bridgehead atoms. The first-order valence-corrected chi connectivity index (χ1v) is 4.47. The summed E-state index contributed by atoms with van der Waals surface area (Å²) in [6.07, 6.45) is 7.03. The van der Waals surface area contributed by atoms with Gasteiger partial charge in [-0.05, 0) is 12.8 Å². The molecule has 0 atom stereocenters. The largest absolute Gasteiger partial charge is 0.468 e. The van der Waals surface area contributed by atoms with Crippen LogP contribution in [0.15, 0.2) is 12.7 Å². The topological polar surface area (TPSA) is 26.3 Å². The van der Waals surface area contributed by atoms with Gasteiger partial charge in [-0.1, -0.05) is 25.3 Å². The number of carbonyl (C=O) groups excluding carboxylic acids is 1. The van der Waals surface area contributed by atoms with Gasteiger partial charge in [0.1, 0.15) is 0 Å². The van der Waals surface area contributed by atoms with E-state index in [4.69, 9.17) is 4.74 Å². The number of carbonyl (C=O) groups is 1. The zero-order valence-corrected chi connectivity index (χ0v) is 7.64. The van der Waals surface area contributed by atoms with Crippen LogP contribution >= 0.6 is 0 Å². The van der Waals surface area contributed by atoms with Crippen molar-refractivity contribution in [2.24, 2.45) is 5.41 Å². The second-order valence-electron chi connectivity index (χ2n) is 3.41. The van der Waals surface area contributed by atoms with E-state index in [1.165, 1.54) is 13.5 Å². The Balaban J connectivity index is 2.72. The van der Waals surface area contributed by atoms with Crippen LogP contribution < -0.4 is 0 Å². The minimum absolute atomic E-state index is 0.114. The summed E-state index contributed by atoms with van der Waals surface area (Å²) in [5.74, 6) is -0.114. The summed E-state index contributed by atoms with van der Waals surface area (Å²) < 4.78 is 4.77. The predicted octanol–water partition coefficient (Wildman–Crippen LogP) is 2.30. The maximum Gasteiger partial charge on any atom is 0.315 e. The van der Waals surface area contributed by atoms with E-state index in [-0.39, 0.29) is 11.4 Å². The fourth-order valence-electron chi connectivity index (χ4n) is 1.88. The van der Waals surface area contributed by atoms with Crippen LogP contribution in [0.2, 0.25) is 0 Å². The van der Waals surface area contributed by atoms with Crippen molar-refractivity contribution in [2.45, 2.75) is 32.1 Å². The van der Waals surface area contributed by atoms with Gasteiger partial charge in [0.25, 0.3) is 0 Å². The highest BCUT2D eigenvalue weighted by atomic mass is 16.5. The van der Waals surface area contributed by atoms with E-state index < -0.39 is 0 Å². The molecule has 0 aromatic carbocycles. The predicted molar refractivity (Wildman–Crippen MR) is 47.7 cm³/mol. The molecule has 68 valence electrons. The molecule has 0 N–H and O–H groups in total. The lowest BCUT2D eigenvalue weighted by atomic mass is 9.74. The summed E-state index contributed by atoms with van der Waals surface area (Å²) in [4.78, 5) is 11.4. The number of methoxy groups -OCH3 is 1. The van der Waals surface area contributed by atoms with E-state index in [1.54, 1.807) is 6.08 Å². The number of rotatable bonds is 2. The highest BCUT2D eigenvalue weighted by Crippen LogP contribution is 2.38. The van der Waals surface area contributed by atoms with Crippen molar-refractivity contribution in [3.63, 3.8) is 0 Å². The standard InChI is InChI=1S/C10H16O2/c1-3-10(9(11)12-2)7-5-4-6-8-10/h3H,1,4-8H2,2H3. The van der Waals surface area contributed by atoms with Crippen LogP contribution in [0.1, 0.15) is 32.1 Å². The third-order valence-electron chi connectivity index (χ3n) is 2.73. The van der Waals surface area contributed by atoms with Gasteiger partial charge in [-0.3, -0.25) is 4.79 Å². The van der Waals surface area contributed by atoms with Crippen LogP contribution in [0.5, 0.6) is 0 Å². The fourth-order valence-corrected chi connectivity index (χ4v) is 1.88. The van der Waals surface area contributed by atoms with Crippen molar-refractivity contribution in [1.29, 1.82) is 0 Å². The van der Waals surface area contributed by atoms with E-state index in [1.807, 2.05) is 0 Å². The molecular weight excluding hydrogens is 152 g/mol. The highest BCUT2D eigenvalue weighted by Gasteiger charge is 2.37. The smallest absolute Gasteiger partial charge is 0.315 e. The maximum atomic E-state index is 11.4. The van der Waals surface area contributed by atoms with Gasteiger partial charge in [-0.25, -0.2) is 0 Å². The number of hydrogen-bond acceptors (Lipinski definition) is 2. The van der Waals surface area contributed by atoms with Crippen LogP contribution in [0, 0.1) is 5.41 Å². The molecule has 0 unspecified atom stereocenters. The molecule has 0 amide bonds. The van der Waals surface area contributed by atoms with E-state index in [0.29, 0.717) is 0 Å². The average Bonchev–Trinajstić information content (AvgIpc) is 2.17. The van der Waals surface area contributed by atoms with E-state index >= 15 is 0 Å². The summed E-state index contributed by atoms with van der Waals surface area (Å²) in [6, 6.07) is 0. The van der Waals surface area contributed by atoms with Gasteiger partial charge in [0.2, 0.25) is 0 Å². The molecule has 1 aliphatic rings. The quantitative estimate of drug-likeness (QED) is 0.467. The van der Waals surface area contributed by atoms with Crippen molar-refractivity contribution in [3.8, 4) is 0 Å². The van der Waals surface area contributed by atoms with Crippen molar-refractivity contribution in [2.75, 3.05) is 7.11 Å². The van der Waals surface area contributed by atoms with Crippen LogP contribution in [-0.2, 0) is 9.53 Å². The molecule has 2 nitrogen and oxygen atoms in total. The molecule has 12 heavy (non-hydrogen) atoms. The Morgan fingerprint density at radius 3 is 2.42 bits per heavy atom. The lowest BCUT2D eigenvalue weighted by molar-refractivity contribution is -0.151. The zero-order chi connectivity index (χ0) is 9.03. The van der Waals surface area contributed by atoms with Gasteiger partial charge in [0.15, 0.2) is 0 Å². The molecule has 0 saturated heterocycles. The first-order valence-electron chi connectivity index (χ1n) is 4.47. The Hall–Kier alpha value is -0.790. The molecule has 2 heteroatoms. The normalized spacial score (nSPS) is 21.4. The Kier molecular flexibility index (Phi) is 2.90. The maximum absolute atomic E-state index is 11.4. The van der Waals surface area contributed by atoms with Gasteiger partial charge in [-0.2, -0.15) is 0 Å². The van der Waals surface area contributed by atoms with Gasteiger partial charge < -0.3 is 4.74 Å². The molecule has 1 rings (SSSR count). The molecule has 1 fully saturated rings. The summed E-state index contributed by atoms with van der Waals surface area (Å²) >= 11 is 0. The van der Waals surface area contributed by atoms with Crippen LogP contribution in [0.25, 0.3) is 0 Å². The van der Waals surface area contributed by atoms with Crippen LogP contribution in [0.4, 0.5) is 0 Å². The number of hydrogen-bond donors (Lipinski definition) is 0. The molecule has 0 aromatic rings. The summed E-state index contributed by atoms with van der Waals surface area (Å²) in [5.41, 5.74) is -0.368. The van der Waals surface area contributed by atoms with Crippen LogP contribution in [0.3, 0.4) is 0 Å². The van der Waals surface area contributed by atoms with Gasteiger partial charge in [-0.15, -0.1) is 6.58 Å². The Bertz CT molecular complexity index is 178. The lowest BCUT2D eigenvalue weighted by Crippen LogP contribution is -2.32. The second-order valence-corrected chi connectivity index (χ2v) is 3.41. The Morgan fingerprint density at radius 1 is 1.42 bits per heavy atom. The third-order valence-corrected chi connectivity index (χ3v) is 2.73.